The predicted molar refractivity (Wildman–Crippen MR) is 117 cm³/mol. The first-order chi connectivity index (χ1) is 13.5. The molecule has 0 unspecified atom stereocenters. The Kier molecular flexibility index (Phi) is 6.43. The Morgan fingerprint density at radius 1 is 1.32 bits per heavy atom. The molecule has 2 heterocycles. The number of hydrogen-bond donors (Lipinski definition) is 2. The van der Waals surface area contributed by atoms with Crippen LogP contribution in [-0.4, -0.2) is 28.0 Å². The average Bonchev–Trinajstić information content (AvgIpc) is 3.28. The molecule has 8 heteroatoms. The fourth-order valence-corrected chi connectivity index (χ4v) is 4.43. The Labute approximate surface area is 173 Å². The number of esters is 1. The van der Waals surface area contributed by atoms with Crippen LogP contribution in [0.3, 0.4) is 0 Å². The lowest BCUT2D eigenvalue weighted by Gasteiger charge is -2.12. The molecule has 3 rings (SSSR count). The summed E-state index contributed by atoms with van der Waals surface area (Å²) in [6.45, 7) is 4.70. The normalized spacial score (nSPS) is 10.5. The first-order valence-corrected chi connectivity index (χ1v) is 10.1. The number of thiophene rings is 1. The maximum Gasteiger partial charge on any atom is 0.341 e. The molecule has 3 aromatic rings. The Bertz CT molecular complexity index is 980. The van der Waals surface area contributed by atoms with E-state index in [1.165, 1.54) is 18.4 Å². The molecule has 0 aliphatic carbocycles. The van der Waals surface area contributed by atoms with Gasteiger partial charge in [-0.25, -0.2) is 4.79 Å². The first kappa shape index (κ1) is 20.0. The first-order valence-electron chi connectivity index (χ1n) is 8.86. The van der Waals surface area contributed by atoms with Gasteiger partial charge in [-0.2, -0.15) is 5.10 Å². The summed E-state index contributed by atoms with van der Waals surface area (Å²) in [5.74, 6) is -0.354. The van der Waals surface area contributed by atoms with E-state index in [4.69, 9.17) is 17.0 Å². The third kappa shape index (κ3) is 4.58. The van der Waals surface area contributed by atoms with Gasteiger partial charge in [0.2, 0.25) is 0 Å². The Hall–Kier alpha value is -2.71. The lowest BCUT2D eigenvalue weighted by atomic mass is 10.1. The zero-order valence-corrected chi connectivity index (χ0v) is 17.6. The van der Waals surface area contributed by atoms with E-state index in [9.17, 15) is 4.79 Å². The highest BCUT2D eigenvalue weighted by molar-refractivity contribution is 7.80. The summed E-state index contributed by atoms with van der Waals surface area (Å²) in [7, 11) is 1.39. The molecule has 0 saturated carbocycles. The number of carbonyl (C=O) groups excluding carboxylic acids is 1. The van der Waals surface area contributed by atoms with Gasteiger partial charge in [0, 0.05) is 23.0 Å². The van der Waals surface area contributed by atoms with Crippen molar-refractivity contribution in [1.82, 2.24) is 9.78 Å². The zero-order valence-electron chi connectivity index (χ0n) is 16.0. The van der Waals surface area contributed by atoms with Crippen LogP contribution in [0.15, 0.2) is 42.7 Å². The molecule has 0 radical (unpaired) electrons. The van der Waals surface area contributed by atoms with Crippen LogP contribution in [0, 0.1) is 6.92 Å². The maximum absolute atomic E-state index is 12.2. The Morgan fingerprint density at radius 3 is 2.82 bits per heavy atom. The van der Waals surface area contributed by atoms with E-state index in [1.54, 1.807) is 6.20 Å². The average molecular weight is 415 g/mol. The molecule has 146 valence electrons. The molecule has 0 fully saturated rings. The van der Waals surface area contributed by atoms with Crippen molar-refractivity contribution in [3.63, 3.8) is 0 Å². The van der Waals surface area contributed by atoms with E-state index >= 15 is 0 Å². The topological polar surface area (TPSA) is 68.2 Å². The van der Waals surface area contributed by atoms with Gasteiger partial charge in [-0.05, 0) is 54.9 Å². The monoisotopic (exact) mass is 414 g/mol. The van der Waals surface area contributed by atoms with Crippen molar-refractivity contribution >= 4 is 45.3 Å². The zero-order chi connectivity index (χ0) is 20.1. The number of nitrogens with zero attached hydrogens (tertiary/aromatic N) is 2. The van der Waals surface area contributed by atoms with Gasteiger partial charge in [0.25, 0.3) is 0 Å². The van der Waals surface area contributed by atoms with Crippen LogP contribution >= 0.6 is 23.6 Å². The summed E-state index contributed by atoms with van der Waals surface area (Å²) in [6, 6.07) is 9.86. The Balaban J connectivity index is 1.73. The molecule has 0 bridgehead atoms. The number of thiocarbonyl (C=S) groups is 1. The van der Waals surface area contributed by atoms with E-state index in [0.29, 0.717) is 22.2 Å². The minimum Gasteiger partial charge on any atom is -0.465 e. The molecule has 0 aliphatic rings. The fourth-order valence-electron chi connectivity index (χ4n) is 3.00. The molecular formula is C20H22N4O2S2. The van der Waals surface area contributed by atoms with Crippen molar-refractivity contribution in [3.05, 3.63) is 64.3 Å². The van der Waals surface area contributed by atoms with E-state index in [0.717, 1.165) is 28.1 Å². The summed E-state index contributed by atoms with van der Waals surface area (Å²) in [5.41, 5.74) is 3.52. The lowest BCUT2D eigenvalue weighted by molar-refractivity contribution is 0.0601. The summed E-state index contributed by atoms with van der Waals surface area (Å²) in [4.78, 5) is 13.3. The van der Waals surface area contributed by atoms with Crippen molar-refractivity contribution in [2.24, 2.45) is 0 Å². The van der Waals surface area contributed by atoms with Gasteiger partial charge in [-0.1, -0.05) is 19.1 Å². The highest BCUT2D eigenvalue weighted by Crippen LogP contribution is 2.34. The number of anilines is 2. The number of benzene rings is 1. The molecule has 1 aromatic carbocycles. The molecule has 0 saturated heterocycles. The molecule has 2 aromatic heterocycles. The minimum absolute atomic E-state index is 0.354. The van der Waals surface area contributed by atoms with Crippen LogP contribution in [0.4, 0.5) is 10.7 Å². The predicted octanol–water partition coefficient (Wildman–Crippen LogP) is 4.46. The van der Waals surface area contributed by atoms with Gasteiger partial charge in [0.15, 0.2) is 5.11 Å². The van der Waals surface area contributed by atoms with E-state index in [-0.39, 0.29) is 5.97 Å². The molecule has 0 atom stereocenters. The highest BCUT2D eigenvalue weighted by atomic mass is 32.1. The smallest absolute Gasteiger partial charge is 0.341 e. The van der Waals surface area contributed by atoms with Crippen LogP contribution in [0.2, 0.25) is 0 Å². The standard InChI is InChI=1S/C20H22N4O2S2/c1-4-16-13(2)28-18(17(16)19(25)26-3)23-20(27)22-15-8-5-7-14(11-15)12-24-10-6-9-21-24/h5-11H,4,12H2,1-3H3,(H2,22,23,27). The minimum atomic E-state index is -0.354. The SMILES string of the molecule is CCc1c(C)sc(NC(=S)Nc2cccc(Cn3cccn3)c2)c1C(=O)OC. The summed E-state index contributed by atoms with van der Waals surface area (Å²) >= 11 is 6.97. The third-order valence-corrected chi connectivity index (χ3v) is 5.53. The van der Waals surface area contributed by atoms with Gasteiger partial charge < -0.3 is 15.4 Å². The number of methoxy groups -OCH3 is 1. The van der Waals surface area contributed by atoms with E-state index in [2.05, 4.69) is 15.7 Å². The number of carbonyl (C=O) groups is 1. The highest BCUT2D eigenvalue weighted by Gasteiger charge is 2.22. The van der Waals surface area contributed by atoms with Gasteiger partial charge in [0.1, 0.15) is 5.00 Å². The van der Waals surface area contributed by atoms with Crippen LogP contribution in [-0.2, 0) is 17.7 Å². The largest absolute Gasteiger partial charge is 0.465 e. The second-order valence-corrected chi connectivity index (χ2v) is 7.80. The lowest BCUT2D eigenvalue weighted by Crippen LogP contribution is -2.20. The molecule has 0 amide bonds. The molecule has 0 spiro atoms. The molecule has 6 nitrogen and oxygen atoms in total. The number of rotatable bonds is 6. The maximum atomic E-state index is 12.2. The summed E-state index contributed by atoms with van der Waals surface area (Å²) < 4.78 is 6.81. The van der Waals surface area contributed by atoms with Crippen LogP contribution < -0.4 is 10.6 Å². The van der Waals surface area contributed by atoms with Crippen molar-refractivity contribution in [2.75, 3.05) is 17.7 Å². The van der Waals surface area contributed by atoms with E-state index in [1.807, 2.05) is 55.1 Å². The molecule has 28 heavy (non-hydrogen) atoms. The second-order valence-electron chi connectivity index (χ2n) is 6.17. The van der Waals surface area contributed by atoms with Crippen molar-refractivity contribution in [2.45, 2.75) is 26.8 Å². The van der Waals surface area contributed by atoms with Crippen molar-refractivity contribution in [1.29, 1.82) is 0 Å². The number of ether oxygens (including phenoxy) is 1. The molecule has 2 N–H and O–H groups in total. The van der Waals surface area contributed by atoms with Gasteiger partial charge in [0.05, 0.1) is 19.2 Å². The van der Waals surface area contributed by atoms with Gasteiger partial charge >= 0.3 is 5.97 Å². The number of hydrogen-bond acceptors (Lipinski definition) is 5. The van der Waals surface area contributed by atoms with Gasteiger partial charge in [-0.3, -0.25) is 4.68 Å². The third-order valence-electron chi connectivity index (χ3n) is 4.27. The molecular weight excluding hydrogens is 392 g/mol. The summed E-state index contributed by atoms with van der Waals surface area (Å²) in [5, 5.41) is 11.7. The van der Waals surface area contributed by atoms with Crippen LogP contribution in [0.5, 0.6) is 0 Å². The number of nitrogens with one attached hydrogen (secondary N) is 2. The summed E-state index contributed by atoms with van der Waals surface area (Å²) in [6.07, 6.45) is 4.43. The van der Waals surface area contributed by atoms with Gasteiger partial charge in [-0.15, -0.1) is 11.3 Å². The van der Waals surface area contributed by atoms with Crippen LogP contribution in [0.25, 0.3) is 0 Å². The fraction of sp³-hybridized carbons (Fsp3) is 0.250. The van der Waals surface area contributed by atoms with Crippen molar-refractivity contribution in [3.8, 4) is 0 Å². The molecule has 0 aliphatic heterocycles. The number of aryl methyl sites for hydroxylation is 1. The Morgan fingerprint density at radius 2 is 2.14 bits per heavy atom. The number of aromatic nitrogens is 2. The van der Waals surface area contributed by atoms with Crippen LogP contribution in [0.1, 0.15) is 33.3 Å². The van der Waals surface area contributed by atoms with Crippen molar-refractivity contribution < 1.29 is 9.53 Å². The second kappa shape index (κ2) is 8.99. The quantitative estimate of drug-likeness (QED) is 0.459. The van der Waals surface area contributed by atoms with E-state index < -0.39 is 0 Å².